The number of aliphatic hydroxyl groups excluding tert-OH is 2. The van der Waals surface area contributed by atoms with E-state index in [4.69, 9.17) is 50.8 Å². The number of aliphatic carboxylic acids is 2. The second kappa shape index (κ2) is 22.5. The molecule has 13 atom stereocenters. The number of Topliss-reactive ketones (excluding diaryl/α,β-unsaturated/α-hetero) is 1. The van der Waals surface area contributed by atoms with Crippen molar-refractivity contribution < 1.29 is 97.4 Å². The van der Waals surface area contributed by atoms with Crippen molar-refractivity contribution in [2.45, 2.75) is 140 Å². The molecule has 3 rings (SSSR count). The van der Waals surface area contributed by atoms with Crippen molar-refractivity contribution in [3.05, 3.63) is 23.1 Å². The Hall–Kier alpha value is -4.60. The molecule has 13 unspecified atom stereocenters. The standard InChI is InChI=1S/C39H55N3O20S2/c1-9-15(3)35(52)59-17(5)39(55)16(4)58-25(11-24(39)56-8)61-30-28(46)32(38(54)12-22(45)27(40)26(31(38)47)34(50)51)60-23(13-57-19(7)44)29(30)62-36(53)20(10-2)42-37(63)64-14-21(33(48)49)41-18(6)43/h10,15-17,21,23-25,28-30,32,40,46-47,54-55H,9,11-14H2,1-8H3,(H,41,43)(H,42,63)(H,48,49)(H,50,51)/b20-10-,40-27?. The van der Waals surface area contributed by atoms with Crippen LogP contribution in [0.25, 0.3) is 0 Å². The number of thioether (sulfide) groups is 1. The van der Waals surface area contributed by atoms with E-state index in [9.17, 15) is 64.2 Å². The van der Waals surface area contributed by atoms with Crippen LogP contribution in [-0.4, -0.2) is 174 Å². The molecule has 0 bridgehead atoms. The number of ether oxygens (including phenoxy) is 7. The molecule has 1 aliphatic carbocycles. The average molecular weight is 950 g/mol. The van der Waals surface area contributed by atoms with Gasteiger partial charge >= 0.3 is 29.8 Å². The number of aliphatic hydroxyl groups is 4. The van der Waals surface area contributed by atoms with Crippen molar-refractivity contribution in [1.82, 2.24) is 10.6 Å². The Bertz CT molecular complexity index is 1910. The van der Waals surface area contributed by atoms with Crippen LogP contribution in [0.3, 0.4) is 0 Å². The highest BCUT2D eigenvalue weighted by atomic mass is 32.2. The van der Waals surface area contributed by atoms with Gasteiger partial charge in [0.1, 0.15) is 70.2 Å². The zero-order chi connectivity index (χ0) is 48.6. The molecule has 2 saturated heterocycles. The molecule has 2 heterocycles. The fourth-order valence-electron chi connectivity index (χ4n) is 7.15. The molecule has 23 nitrogen and oxygen atoms in total. The van der Waals surface area contributed by atoms with Gasteiger partial charge in [-0.2, -0.15) is 0 Å². The molecule has 64 heavy (non-hydrogen) atoms. The van der Waals surface area contributed by atoms with E-state index >= 15 is 0 Å². The Kier molecular flexibility index (Phi) is 18.9. The average Bonchev–Trinajstić information content (AvgIpc) is 3.21. The minimum atomic E-state index is -3.10. The molecule has 0 spiro atoms. The summed E-state index contributed by atoms with van der Waals surface area (Å²) in [6.45, 7) is 8.91. The molecule has 2 fully saturated rings. The summed E-state index contributed by atoms with van der Waals surface area (Å²) in [7, 11) is 1.24. The van der Waals surface area contributed by atoms with Gasteiger partial charge in [0.25, 0.3) is 0 Å². The van der Waals surface area contributed by atoms with Gasteiger partial charge < -0.3 is 74.4 Å². The molecular formula is C39H55N3O20S2. The van der Waals surface area contributed by atoms with E-state index in [0.29, 0.717) is 6.42 Å². The molecule has 0 aromatic carbocycles. The number of carboxylic acid groups (broad SMARTS) is 2. The number of thiocarbonyl (C=S) groups is 1. The first-order chi connectivity index (χ1) is 29.8. The summed E-state index contributed by atoms with van der Waals surface area (Å²) in [5.41, 5.74) is -7.97. The molecule has 358 valence electrons. The van der Waals surface area contributed by atoms with Crippen LogP contribution in [0, 0.1) is 11.3 Å². The molecule has 0 radical (unpaired) electrons. The van der Waals surface area contributed by atoms with Crippen molar-refractivity contribution in [2.24, 2.45) is 5.92 Å². The Morgan fingerprint density at radius 1 is 1.09 bits per heavy atom. The van der Waals surface area contributed by atoms with Crippen molar-refractivity contribution in [2.75, 3.05) is 19.5 Å². The van der Waals surface area contributed by atoms with Gasteiger partial charge in [-0.15, -0.1) is 0 Å². The molecular weight excluding hydrogens is 895 g/mol. The lowest BCUT2D eigenvalue weighted by atomic mass is 9.74. The van der Waals surface area contributed by atoms with Crippen molar-refractivity contribution >= 4 is 75.5 Å². The number of carboxylic acids is 2. The minimum Gasteiger partial charge on any atom is -0.508 e. The molecule has 25 heteroatoms. The topological polar surface area (TPSA) is 353 Å². The van der Waals surface area contributed by atoms with Gasteiger partial charge in [0.15, 0.2) is 29.4 Å². The lowest BCUT2D eigenvalue weighted by molar-refractivity contribution is -0.345. The Labute approximate surface area is 376 Å². The zero-order valence-electron chi connectivity index (χ0n) is 36.2. The number of carbonyl (C=O) groups excluding carboxylic acids is 5. The molecule has 3 aliphatic rings. The third kappa shape index (κ3) is 12.2. The predicted octanol–water partition coefficient (Wildman–Crippen LogP) is -0.445. The van der Waals surface area contributed by atoms with Crippen LogP contribution in [-0.2, 0) is 66.7 Å². The van der Waals surface area contributed by atoms with E-state index < -0.39 is 150 Å². The summed E-state index contributed by atoms with van der Waals surface area (Å²) >= 11 is 6.02. The Morgan fingerprint density at radius 2 is 1.73 bits per heavy atom. The maximum Gasteiger partial charge on any atom is 0.354 e. The fourth-order valence-corrected chi connectivity index (χ4v) is 8.19. The highest BCUT2D eigenvalue weighted by molar-refractivity contribution is 8.23. The highest BCUT2D eigenvalue weighted by Crippen LogP contribution is 2.42. The van der Waals surface area contributed by atoms with Crippen LogP contribution in [0.2, 0.25) is 0 Å². The van der Waals surface area contributed by atoms with E-state index in [2.05, 4.69) is 10.6 Å². The summed E-state index contributed by atoms with van der Waals surface area (Å²) in [5, 5.41) is 79.2. The first kappa shape index (κ1) is 53.7. The quantitative estimate of drug-likeness (QED) is 0.0364. The first-order valence-corrected chi connectivity index (χ1v) is 21.2. The number of ketones is 1. The number of hydrogen-bond acceptors (Lipinski definition) is 21. The summed E-state index contributed by atoms with van der Waals surface area (Å²) in [6.07, 6.45) is -15.4. The smallest absolute Gasteiger partial charge is 0.354 e. The SMILES string of the molecule is C/C=C(\NC(=S)SCC(NC(C)=O)C(=O)O)C(=O)OC1C(COC(C)=O)OC(C2(O)CC(=O)C(=N)C(C(=O)O)=C2O)C(O)C1OC1CC(OC)C(O)(C(C)OC(=O)C(C)CC)C(C)O1. The maximum absolute atomic E-state index is 13.9. The Morgan fingerprint density at radius 3 is 2.27 bits per heavy atom. The number of carbonyl (C=O) groups is 7. The van der Waals surface area contributed by atoms with Gasteiger partial charge in [-0.05, 0) is 27.2 Å². The summed E-state index contributed by atoms with van der Waals surface area (Å²) in [6, 6.07) is -1.36. The minimum absolute atomic E-state index is 0.163. The van der Waals surface area contributed by atoms with Crippen molar-refractivity contribution in [1.29, 1.82) is 5.41 Å². The molecule has 0 saturated carbocycles. The van der Waals surface area contributed by atoms with Gasteiger partial charge in [-0.25, -0.2) is 14.4 Å². The van der Waals surface area contributed by atoms with E-state index in [1.807, 2.05) is 0 Å². The van der Waals surface area contributed by atoms with Gasteiger partial charge in [0.05, 0.1) is 24.5 Å². The first-order valence-electron chi connectivity index (χ1n) is 19.8. The monoisotopic (exact) mass is 949 g/mol. The van der Waals surface area contributed by atoms with Crippen LogP contribution in [0.1, 0.15) is 67.7 Å². The highest BCUT2D eigenvalue weighted by Gasteiger charge is 2.62. The lowest BCUT2D eigenvalue weighted by Crippen LogP contribution is -2.70. The Balaban J connectivity index is 2.11. The molecule has 0 aromatic rings. The number of rotatable bonds is 18. The molecule has 2 aliphatic heterocycles. The van der Waals surface area contributed by atoms with E-state index in [0.717, 1.165) is 25.6 Å². The number of methoxy groups -OCH3 is 1. The number of esters is 3. The van der Waals surface area contributed by atoms with E-state index in [-0.39, 0.29) is 22.2 Å². The summed E-state index contributed by atoms with van der Waals surface area (Å²) < 4.78 is 40.3. The van der Waals surface area contributed by atoms with Crippen LogP contribution < -0.4 is 10.6 Å². The van der Waals surface area contributed by atoms with Crippen molar-refractivity contribution in [3.63, 3.8) is 0 Å². The van der Waals surface area contributed by atoms with Crippen LogP contribution in [0.5, 0.6) is 0 Å². The number of nitrogens with one attached hydrogen (secondary N) is 3. The van der Waals surface area contributed by atoms with Crippen LogP contribution >= 0.6 is 24.0 Å². The zero-order valence-corrected chi connectivity index (χ0v) is 37.8. The van der Waals surface area contributed by atoms with Crippen LogP contribution in [0.15, 0.2) is 23.1 Å². The number of allylic oxidation sites excluding steroid dienone is 1. The molecule has 9 N–H and O–H groups in total. The van der Waals surface area contributed by atoms with Gasteiger partial charge in [0.2, 0.25) is 5.91 Å². The van der Waals surface area contributed by atoms with Crippen molar-refractivity contribution in [3.8, 4) is 0 Å². The fraction of sp³-hybridized carbons (Fsp3) is 0.667. The normalized spacial score (nSPS) is 31.2. The second-order valence-corrected chi connectivity index (χ2v) is 16.9. The lowest BCUT2D eigenvalue weighted by Gasteiger charge is -2.52. The third-order valence-corrected chi connectivity index (χ3v) is 12.2. The number of amides is 1. The largest absolute Gasteiger partial charge is 0.508 e. The van der Waals surface area contributed by atoms with Gasteiger partial charge in [0, 0.05) is 33.1 Å². The molecule has 1 amide bonds. The summed E-state index contributed by atoms with van der Waals surface area (Å²) in [5.74, 6) is -10.2. The molecule has 0 aromatic heterocycles. The van der Waals surface area contributed by atoms with E-state index in [1.54, 1.807) is 13.8 Å². The third-order valence-electron chi connectivity index (χ3n) is 10.9. The summed E-state index contributed by atoms with van der Waals surface area (Å²) in [4.78, 5) is 87.0. The number of hydrogen-bond donors (Lipinski definition) is 9. The van der Waals surface area contributed by atoms with Gasteiger partial charge in [-0.1, -0.05) is 43.9 Å². The second-order valence-electron chi connectivity index (χ2n) is 15.2. The van der Waals surface area contributed by atoms with Gasteiger partial charge in [-0.3, -0.25) is 24.6 Å². The van der Waals surface area contributed by atoms with Crippen LogP contribution in [0.4, 0.5) is 0 Å². The van der Waals surface area contributed by atoms with E-state index in [1.165, 1.54) is 34.0 Å². The maximum atomic E-state index is 13.9. The predicted molar refractivity (Wildman–Crippen MR) is 223 cm³/mol.